The Bertz CT molecular complexity index is 777. The maximum atomic E-state index is 13.2. The van der Waals surface area contributed by atoms with Crippen molar-refractivity contribution in [2.45, 2.75) is 6.04 Å². The van der Waals surface area contributed by atoms with E-state index in [0.29, 0.717) is 0 Å². The van der Waals surface area contributed by atoms with Crippen LogP contribution in [0.5, 0.6) is 0 Å². The van der Waals surface area contributed by atoms with Gasteiger partial charge in [-0.3, -0.25) is 4.98 Å². The molecule has 114 valence electrons. The van der Waals surface area contributed by atoms with Gasteiger partial charge in [-0.25, -0.2) is 4.39 Å². The van der Waals surface area contributed by atoms with Crippen molar-refractivity contribution in [3.05, 3.63) is 54.2 Å². The molecular formula is C17H19FN4. The first kappa shape index (κ1) is 14.7. The summed E-state index contributed by atoms with van der Waals surface area (Å²) in [5, 5.41) is 0.980. The summed E-state index contributed by atoms with van der Waals surface area (Å²) in [7, 11) is 3.97. The number of nitrogens with zero attached hydrogens (tertiary/aromatic N) is 2. The maximum Gasteiger partial charge on any atom is 0.125 e. The molecule has 2 aromatic heterocycles. The first-order valence-corrected chi connectivity index (χ1v) is 7.18. The van der Waals surface area contributed by atoms with Crippen LogP contribution in [-0.4, -0.2) is 35.5 Å². The zero-order valence-electron chi connectivity index (χ0n) is 12.7. The van der Waals surface area contributed by atoms with E-state index in [1.165, 1.54) is 12.1 Å². The highest BCUT2D eigenvalue weighted by Gasteiger charge is 2.11. The topological polar surface area (TPSA) is 57.9 Å². The smallest absolute Gasteiger partial charge is 0.125 e. The first-order valence-electron chi connectivity index (χ1n) is 7.18. The predicted molar refractivity (Wildman–Crippen MR) is 87.0 cm³/mol. The largest absolute Gasteiger partial charge is 0.360 e. The van der Waals surface area contributed by atoms with Gasteiger partial charge < -0.3 is 15.6 Å². The van der Waals surface area contributed by atoms with Gasteiger partial charge in [-0.15, -0.1) is 0 Å². The van der Waals surface area contributed by atoms with Crippen molar-refractivity contribution in [2.24, 2.45) is 5.73 Å². The van der Waals surface area contributed by atoms with E-state index in [9.17, 15) is 4.39 Å². The summed E-state index contributed by atoms with van der Waals surface area (Å²) in [6, 6.07) is 8.58. The second-order valence-corrected chi connectivity index (χ2v) is 5.73. The third-order valence-corrected chi connectivity index (χ3v) is 3.68. The normalized spacial score (nSPS) is 13.0. The van der Waals surface area contributed by atoms with Gasteiger partial charge in [0.05, 0.1) is 11.7 Å². The van der Waals surface area contributed by atoms with Crippen molar-refractivity contribution in [1.29, 1.82) is 0 Å². The molecular weight excluding hydrogens is 279 g/mol. The van der Waals surface area contributed by atoms with E-state index in [1.807, 2.05) is 43.5 Å². The fourth-order valence-electron chi connectivity index (χ4n) is 2.61. The van der Waals surface area contributed by atoms with Crippen molar-refractivity contribution in [3.63, 3.8) is 0 Å². The van der Waals surface area contributed by atoms with Crippen LogP contribution < -0.4 is 5.73 Å². The van der Waals surface area contributed by atoms with Gasteiger partial charge in [0.2, 0.25) is 0 Å². The zero-order chi connectivity index (χ0) is 15.7. The molecule has 1 atom stereocenters. The Kier molecular flexibility index (Phi) is 3.92. The Morgan fingerprint density at radius 1 is 1.27 bits per heavy atom. The molecule has 2 heterocycles. The standard InChI is InChI=1S/C17H19FN4/c1-22(2)10-15(19)16-6-3-11(8-20-16)14-9-21-17-7-12(18)4-5-13(14)17/h3-9,15,21H,10,19H2,1-2H3. The summed E-state index contributed by atoms with van der Waals surface area (Å²) < 4.78 is 13.2. The highest BCUT2D eigenvalue weighted by atomic mass is 19.1. The minimum atomic E-state index is -0.246. The molecule has 3 N–H and O–H groups in total. The minimum Gasteiger partial charge on any atom is -0.360 e. The highest BCUT2D eigenvalue weighted by molar-refractivity contribution is 5.95. The van der Waals surface area contributed by atoms with Crippen molar-refractivity contribution in [3.8, 4) is 11.1 Å². The van der Waals surface area contributed by atoms with E-state index in [-0.39, 0.29) is 11.9 Å². The number of pyridine rings is 1. The van der Waals surface area contributed by atoms with Crippen molar-refractivity contribution in [1.82, 2.24) is 14.9 Å². The minimum absolute atomic E-state index is 0.110. The number of nitrogens with two attached hydrogens (primary N) is 1. The molecule has 5 heteroatoms. The van der Waals surface area contributed by atoms with Crippen LogP contribution in [0.15, 0.2) is 42.7 Å². The maximum absolute atomic E-state index is 13.2. The zero-order valence-corrected chi connectivity index (χ0v) is 12.7. The second-order valence-electron chi connectivity index (χ2n) is 5.73. The number of halogens is 1. The number of aromatic nitrogens is 2. The lowest BCUT2D eigenvalue weighted by molar-refractivity contribution is 0.373. The number of fused-ring (bicyclic) bond motifs is 1. The third kappa shape index (κ3) is 2.86. The summed E-state index contributed by atoms with van der Waals surface area (Å²) >= 11 is 0. The molecule has 3 rings (SSSR count). The van der Waals surface area contributed by atoms with E-state index >= 15 is 0 Å². The lowest BCUT2D eigenvalue weighted by Gasteiger charge is -2.16. The quantitative estimate of drug-likeness (QED) is 0.778. The molecule has 0 radical (unpaired) electrons. The highest BCUT2D eigenvalue weighted by Crippen LogP contribution is 2.28. The number of hydrogen-bond donors (Lipinski definition) is 2. The van der Waals surface area contributed by atoms with Crippen LogP contribution in [0, 0.1) is 5.82 Å². The molecule has 0 aliphatic carbocycles. The van der Waals surface area contributed by atoms with Crippen LogP contribution in [0.1, 0.15) is 11.7 Å². The van der Waals surface area contributed by atoms with Gasteiger partial charge in [0.1, 0.15) is 5.82 Å². The summed E-state index contributed by atoms with van der Waals surface area (Å²) in [5.74, 6) is -0.246. The van der Waals surface area contributed by atoms with Crippen molar-refractivity contribution >= 4 is 10.9 Å². The van der Waals surface area contributed by atoms with E-state index < -0.39 is 0 Å². The number of rotatable bonds is 4. The van der Waals surface area contributed by atoms with Crippen molar-refractivity contribution < 1.29 is 4.39 Å². The molecule has 1 unspecified atom stereocenters. The van der Waals surface area contributed by atoms with E-state index in [4.69, 9.17) is 5.73 Å². The Balaban J connectivity index is 1.91. The third-order valence-electron chi connectivity index (χ3n) is 3.68. The number of likely N-dealkylation sites (N-methyl/N-ethyl adjacent to an activating group) is 1. The summed E-state index contributed by atoms with van der Waals surface area (Å²) in [6.07, 6.45) is 3.69. The molecule has 0 aliphatic heterocycles. The summed E-state index contributed by atoms with van der Waals surface area (Å²) in [6.45, 7) is 0.749. The Hall–Kier alpha value is -2.24. The van der Waals surface area contributed by atoms with Crippen molar-refractivity contribution in [2.75, 3.05) is 20.6 Å². The molecule has 0 saturated heterocycles. The second kappa shape index (κ2) is 5.87. The van der Waals surface area contributed by atoms with Gasteiger partial charge in [0.25, 0.3) is 0 Å². The molecule has 22 heavy (non-hydrogen) atoms. The van der Waals surface area contributed by atoms with Crippen LogP contribution in [0.3, 0.4) is 0 Å². The van der Waals surface area contributed by atoms with Gasteiger partial charge in [-0.1, -0.05) is 6.07 Å². The average Bonchev–Trinajstić information content (AvgIpc) is 2.89. The molecule has 0 bridgehead atoms. The lowest BCUT2D eigenvalue weighted by Crippen LogP contribution is -2.26. The molecule has 4 nitrogen and oxygen atoms in total. The summed E-state index contributed by atoms with van der Waals surface area (Å²) in [4.78, 5) is 9.60. The first-order chi connectivity index (χ1) is 10.5. The van der Waals surface area contributed by atoms with Gasteiger partial charge in [0.15, 0.2) is 0 Å². The Morgan fingerprint density at radius 3 is 2.77 bits per heavy atom. The van der Waals surface area contributed by atoms with E-state index in [1.54, 1.807) is 6.07 Å². The number of aromatic amines is 1. The molecule has 0 aliphatic rings. The average molecular weight is 298 g/mol. The number of benzene rings is 1. The number of H-pyrrole nitrogens is 1. The van der Waals surface area contributed by atoms with Gasteiger partial charge >= 0.3 is 0 Å². The Morgan fingerprint density at radius 2 is 2.09 bits per heavy atom. The van der Waals surface area contributed by atoms with Gasteiger partial charge in [-0.2, -0.15) is 0 Å². The van der Waals surface area contributed by atoms with Crippen LogP contribution in [0.25, 0.3) is 22.0 Å². The lowest BCUT2D eigenvalue weighted by atomic mass is 10.1. The van der Waals surface area contributed by atoms with Gasteiger partial charge in [0, 0.05) is 41.0 Å². The Labute approximate surface area is 128 Å². The van der Waals surface area contributed by atoms with E-state index in [0.717, 1.165) is 34.3 Å². The fourth-order valence-corrected chi connectivity index (χ4v) is 2.61. The molecule has 0 fully saturated rings. The molecule has 1 aromatic carbocycles. The molecule has 3 aromatic rings. The van der Waals surface area contributed by atoms with Crippen LogP contribution in [-0.2, 0) is 0 Å². The van der Waals surface area contributed by atoms with Crippen LogP contribution in [0.2, 0.25) is 0 Å². The van der Waals surface area contributed by atoms with Crippen LogP contribution >= 0.6 is 0 Å². The molecule has 0 saturated carbocycles. The number of nitrogens with one attached hydrogen (secondary N) is 1. The SMILES string of the molecule is CN(C)CC(N)c1ccc(-c2c[nH]c3cc(F)ccc23)cn1. The van der Waals surface area contributed by atoms with Gasteiger partial charge in [-0.05, 0) is 38.4 Å². The summed E-state index contributed by atoms with van der Waals surface area (Å²) in [5.41, 5.74) is 9.76. The number of hydrogen-bond acceptors (Lipinski definition) is 3. The molecule has 0 amide bonds. The predicted octanol–water partition coefficient (Wildman–Crippen LogP) is 2.93. The fraction of sp³-hybridized carbons (Fsp3) is 0.235. The van der Waals surface area contributed by atoms with E-state index in [2.05, 4.69) is 9.97 Å². The monoisotopic (exact) mass is 298 g/mol. The van der Waals surface area contributed by atoms with Crippen LogP contribution in [0.4, 0.5) is 4.39 Å². The molecule has 0 spiro atoms.